The van der Waals surface area contributed by atoms with E-state index in [1.54, 1.807) is 6.92 Å². The van der Waals surface area contributed by atoms with Crippen molar-refractivity contribution in [3.63, 3.8) is 0 Å². The highest BCUT2D eigenvalue weighted by Crippen LogP contribution is 2.27. The molecular formula is C13H20ClNO2. The maximum absolute atomic E-state index is 9.90. The first-order valence-corrected chi connectivity index (χ1v) is 6.15. The van der Waals surface area contributed by atoms with Crippen LogP contribution < -0.4 is 10.1 Å². The van der Waals surface area contributed by atoms with E-state index in [0.717, 1.165) is 11.3 Å². The second-order valence-corrected chi connectivity index (χ2v) is 4.79. The Bertz CT molecular complexity index is 366. The lowest BCUT2D eigenvalue weighted by molar-refractivity contribution is 0.00817. The number of aliphatic hydroxyl groups is 1. The van der Waals surface area contributed by atoms with Gasteiger partial charge in [-0.3, -0.25) is 0 Å². The van der Waals surface area contributed by atoms with Gasteiger partial charge in [0.25, 0.3) is 0 Å². The van der Waals surface area contributed by atoms with Gasteiger partial charge in [0.2, 0.25) is 0 Å². The van der Waals surface area contributed by atoms with Crippen LogP contribution in [0.1, 0.15) is 25.8 Å². The van der Waals surface area contributed by atoms with Gasteiger partial charge in [-0.2, -0.15) is 0 Å². The molecule has 0 bridgehead atoms. The molecule has 1 rings (SSSR count). The molecule has 3 nitrogen and oxygen atoms in total. The number of hydrogen-bond acceptors (Lipinski definition) is 3. The van der Waals surface area contributed by atoms with Crippen molar-refractivity contribution in [3.8, 4) is 5.75 Å². The van der Waals surface area contributed by atoms with Crippen molar-refractivity contribution in [1.82, 2.24) is 5.32 Å². The molecule has 0 aliphatic rings. The van der Waals surface area contributed by atoms with Crippen molar-refractivity contribution < 1.29 is 9.84 Å². The van der Waals surface area contributed by atoms with Crippen LogP contribution in [0, 0.1) is 0 Å². The standard InChI is InChI=1S/C13H20ClNO2/c1-4-13(2,16)9-17-12-7-5-6-11(14)10(12)8-15-3/h5-7,15-16H,4,8-9H2,1-3H3. The molecule has 0 radical (unpaired) electrons. The zero-order chi connectivity index (χ0) is 12.9. The minimum absolute atomic E-state index is 0.264. The van der Waals surface area contributed by atoms with Crippen LogP contribution in [0.2, 0.25) is 5.02 Å². The summed E-state index contributed by atoms with van der Waals surface area (Å²) in [6.07, 6.45) is 0.648. The molecule has 1 atom stereocenters. The number of ether oxygens (including phenoxy) is 1. The van der Waals surface area contributed by atoms with Crippen molar-refractivity contribution in [2.45, 2.75) is 32.4 Å². The van der Waals surface area contributed by atoms with Crippen molar-refractivity contribution in [2.24, 2.45) is 0 Å². The zero-order valence-electron chi connectivity index (χ0n) is 10.6. The summed E-state index contributed by atoms with van der Waals surface area (Å²) in [5, 5.41) is 13.6. The van der Waals surface area contributed by atoms with Gasteiger partial charge in [0, 0.05) is 17.1 Å². The maximum atomic E-state index is 9.90. The van der Waals surface area contributed by atoms with Crippen LogP contribution in [0.25, 0.3) is 0 Å². The van der Waals surface area contributed by atoms with E-state index >= 15 is 0 Å². The molecule has 0 heterocycles. The van der Waals surface area contributed by atoms with Crippen molar-refractivity contribution in [2.75, 3.05) is 13.7 Å². The van der Waals surface area contributed by atoms with E-state index in [0.29, 0.717) is 18.0 Å². The van der Waals surface area contributed by atoms with Crippen molar-refractivity contribution in [1.29, 1.82) is 0 Å². The average molecular weight is 258 g/mol. The molecule has 2 N–H and O–H groups in total. The minimum atomic E-state index is -0.806. The highest BCUT2D eigenvalue weighted by atomic mass is 35.5. The summed E-state index contributed by atoms with van der Waals surface area (Å²) in [7, 11) is 1.86. The summed E-state index contributed by atoms with van der Waals surface area (Å²) in [5.41, 5.74) is 0.114. The largest absolute Gasteiger partial charge is 0.490 e. The van der Waals surface area contributed by atoms with Gasteiger partial charge >= 0.3 is 0 Å². The normalized spacial score (nSPS) is 14.4. The summed E-state index contributed by atoms with van der Waals surface area (Å²) in [6, 6.07) is 5.54. The molecule has 0 spiro atoms. The molecule has 1 unspecified atom stereocenters. The second kappa shape index (κ2) is 6.24. The van der Waals surface area contributed by atoms with Gasteiger partial charge in [-0.05, 0) is 32.5 Å². The highest BCUT2D eigenvalue weighted by Gasteiger charge is 2.19. The van der Waals surface area contributed by atoms with E-state index in [1.807, 2.05) is 32.2 Å². The van der Waals surface area contributed by atoms with E-state index in [1.165, 1.54) is 0 Å². The van der Waals surface area contributed by atoms with Gasteiger partial charge < -0.3 is 15.2 Å². The Balaban J connectivity index is 2.80. The summed E-state index contributed by atoms with van der Waals surface area (Å²) in [4.78, 5) is 0. The number of rotatable bonds is 6. The molecule has 4 heteroatoms. The van der Waals surface area contributed by atoms with Gasteiger partial charge in [-0.15, -0.1) is 0 Å². The molecule has 1 aromatic carbocycles. The molecule has 0 saturated carbocycles. The average Bonchev–Trinajstić information content (AvgIpc) is 2.30. The molecule has 0 fully saturated rings. The zero-order valence-corrected chi connectivity index (χ0v) is 11.3. The van der Waals surface area contributed by atoms with E-state index in [2.05, 4.69) is 5.32 Å². The quantitative estimate of drug-likeness (QED) is 0.823. The molecule has 0 aliphatic heterocycles. The Morgan fingerprint density at radius 2 is 2.18 bits per heavy atom. The van der Waals surface area contributed by atoms with Crippen molar-refractivity contribution >= 4 is 11.6 Å². The summed E-state index contributed by atoms with van der Waals surface area (Å²) in [5.74, 6) is 0.723. The molecule has 0 aromatic heterocycles. The van der Waals surface area contributed by atoms with Crippen LogP contribution >= 0.6 is 11.6 Å². The number of hydrogen-bond donors (Lipinski definition) is 2. The van der Waals surface area contributed by atoms with Crippen LogP contribution in [0.5, 0.6) is 5.75 Å². The minimum Gasteiger partial charge on any atom is -0.490 e. The second-order valence-electron chi connectivity index (χ2n) is 4.39. The topological polar surface area (TPSA) is 41.5 Å². The lowest BCUT2D eigenvalue weighted by Crippen LogP contribution is -2.31. The lowest BCUT2D eigenvalue weighted by atomic mass is 10.1. The molecule has 17 heavy (non-hydrogen) atoms. The maximum Gasteiger partial charge on any atom is 0.125 e. The summed E-state index contributed by atoms with van der Waals surface area (Å²) in [6.45, 7) is 4.59. The predicted octanol–water partition coefficient (Wildman–Crippen LogP) is 2.60. The van der Waals surface area contributed by atoms with E-state index in [-0.39, 0.29) is 6.61 Å². The predicted molar refractivity (Wildman–Crippen MR) is 70.6 cm³/mol. The number of benzene rings is 1. The first-order valence-electron chi connectivity index (χ1n) is 5.77. The number of halogens is 1. The Morgan fingerprint density at radius 3 is 2.76 bits per heavy atom. The van der Waals surface area contributed by atoms with Crippen LogP contribution in [-0.2, 0) is 6.54 Å². The van der Waals surface area contributed by atoms with Crippen LogP contribution in [-0.4, -0.2) is 24.4 Å². The first kappa shape index (κ1) is 14.3. The van der Waals surface area contributed by atoms with E-state index in [9.17, 15) is 5.11 Å². The monoisotopic (exact) mass is 257 g/mol. The van der Waals surface area contributed by atoms with Crippen LogP contribution in [0.15, 0.2) is 18.2 Å². The van der Waals surface area contributed by atoms with E-state index in [4.69, 9.17) is 16.3 Å². The molecule has 96 valence electrons. The lowest BCUT2D eigenvalue weighted by Gasteiger charge is -2.22. The van der Waals surface area contributed by atoms with Gasteiger partial charge in [0.1, 0.15) is 12.4 Å². The fourth-order valence-corrected chi connectivity index (χ4v) is 1.59. The van der Waals surface area contributed by atoms with Gasteiger partial charge in [-0.1, -0.05) is 24.6 Å². The Kier molecular flexibility index (Phi) is 5.25. The molecule has 1 aromatic rings. The molecule has 0 amide bonds. The van der Waals surface area contributed by atoms with E-state index < -0.39 is 5.60 Å². The first-order chi connectivity index (χ1) is 8.00. The SMILES string of the molecule is CCC(C)(O)COc1cccc(Cl)c1CNC. The third-order valence-electron chi connectivity index (χ3n) is 2.73. The fourth-order valence-electron chi connectivity index (χ4n) is 1.36. The molecule has 0 aliphatic carbocycles. The van der Waals surface area contributed by atoms with Crippen molar-refractivity contribution in [3.05, 3.63) is 28.8 Å². The number of nitrogens with one attached hydrogen (secondary N) is 1. The van der Waals surface area contributed by atoms with Gasteiger partial charge in [-0.25, -0.2) is 0 Å². The van der Waals surface area contributed by atoms with Gasteiger partial charge in [0.05, 0.1) is 5.60 Å². The van der Waals surface area contributed by atoms with Gasteiger partial charge in [0.15, 0.2) is 0 Å². The summed E-state index contributed by atoms with van der Waals surface area (Å²) < 4.78 is 5.65. The third kappa shape index (κ3) is 4.19. The van der Waals surface area contributed by atoms with Crippen LogP contribution in [0.4, 0.5) is 0 Å². The molecule has 0 saturated heterocycles. The fraction of sp³-hybridized carbons (Fsp3) is 0.538. The smallest absolute Gasteiger partial charge is 0.125 e. The third-order valence-corrected chi connectivity index (χ3v) is 3.08. The summed E-state index contributed by atoms with van der Waals surface area (Å²) >= 11 is 6.11. The van der Waals surface area contributed by atoms with Crippen LogP contribution in [0.3, 0.4) is 0 Å². The Hall–Kier alpha value is -0.770. The Labute approximate surface area is 108 Å². The Morgan fingerprint density at radius 1 is 1.47 bits per heavy atom. The molecular weight excluding hydrogens is 238 g/mol. The highest BCUT2D eigenvalue weighted by molar-refractivity contribution is 6.31.